The number of hydrogen-bond acceptors (Lipinski definition) is 3. The summed E-state index contributed by atoms with van der Waals surface area (Å²) in [5, 5.41) is 6.91. The van der Waals surface area contributed by atoms with Gasteiger partial charge < -0.3 is 10.6 Å². The third-order valence-corrected chi connectivity index (χ3v) is 3.78. The van der Waals surface area contributed by atoms with E-state index in [1.165, 1.54) is 5.56 Å². The SMILES string of the molecule is CNC(=O)CCN=C1NC(c2ccccc2)CS1. The highest BCUT2D eigenvalue weighted by atomic mass is 32.2. The number of amidine groups is 1. The third kappa shape index (κ3) is 3.50. The van der Waals surface area contributed by atoms with Crippen LogP contribution in [0, 0.1) is 0 Å². The average molecular weight is 263 g/mol. The van der Waals surface area contributed by atoms with E-state index in [1.807, 2.05) is 18.2 Å². The summed E-state index contributed by atoms with van der Waals surface area (Å²) in [5.74, 6) is 1.02. The van der Waals surface area contributed by atoms with Crippen LogP contribution in [-0.4, -0.2) is 30.4 Å². The highest BCUT2D eigenvalue weighted by molar-refractivity contribution is 8.14. The Bertz CT molecular complexity index is 433. The van der Waals surface area contributed by atoms with Crippen LogP contribution in [0.15, 0.2) is 35.3 Å². The second-order valence-electron chi connectivity index (χ2n) is 4.03. The zero-order valence-corrected chi connectivity index (χ0v) is 11.2. The molecule has 0 aromatic heterocycles. The molecule has 18 heavy (non-hydrogen) atoms. The number of aliphatic imine (C=N–C) groups is 1. The molecule has 0 saturated carbocycles. The highest BCUT2D eigenvalue weighted by Gasteiger charge is 2.21. The van der Waals surface area contributed by atoms with Gasteiger partial charge in [-0.3, -0.25) is 9.79 Å². The normalized spacial score (nSPS) is 20.7. The first-order valence-electron chi connectivity index (χ1n) is 5.99. The van der Waals surface area contributed by atoms with Gasteiger partial charge in [0.15, 0.2) is 5.17 Å². The summed E-state index contributed by atoms with van der Waals surface area (Å²) in [4.78, 5) is 15.5. The van der Waals surface area contributed by atoms with E-state index in [1.54, 1.807) is 18.8 Å². The number of carbonyl (C=O) groups is 1. The number of nitrogens with zero attached hydrogens (tertiary/aromatic N) is 1. The lowest BCUT2D eigenvalue weighted by Crippen LogP contribution is -2.21. The summed E-state index contributed by atoms with van der Waals surface area (Å²) in [6.07, 6.45) is 0.443. The van der Waals surface area contributed by atoms with Gasteiger partial charge in [-0.1, -0.05) is 42.1 Å². The minimum absolute atomic E-state index is 0.0296. The molecular weight excluding hydrogens is 246 g/mol. The van der Waals surface area contributed by atoms with Crippen LogP contribution < -0.4 is 10.6 Å². The molecule has 1 unspecified atom stereocenters. The molecule has 1 atom stereocenters. The predicted octanol–water partition coefficient (Wildman–Crippen LogP) is 1.56. The largest absolute Gasteiger partial charge is 0.359 e. The van der Waals surface area contributed by atoms with E-state index in [9.17, 15) is 4.79 Å². The maximum Gasteiger partial charge on any atom is 0.221 e. The number of amides is 1. The first-order chi connectivity index (χ1) is 8.79. The van der Waals surface area contributed by atoms with Crippen molar-refractivity contribution in [3.05, 3.63) is 35.9 Å². The Morgan fingerprint density at radius 3 is 3.00 bits per heavy atom. The molecule has 0 radical (unpaired) electrons. The quantitative estimate of drug-likeness (QED) is 0.866. The van der Waals surface area contributed by atoms with Gasteiger partial charge in [-0.15, -0.1) is 0 Å². The van der Waals surface area contributed by atoms with Crippen LogP contribution in [0.2, 0.25) is 0 Å². The Morgan fingerprint density at radius 2 is 2.28 bits per heavy atom. The molecule has 1 aliphatic heterocycles. The zero-order chi connectivity index (χ0) is 12.8. The summed E-state index contributed by atoms with van der Waals surface area (Å²) in [6.45, 7) is 0.538. The molecule has 4 nitrogen and oxygen atoms in total. The fourth-order valence-corrected chi connectivity index (χ4v) is 2.74. The molecule has 1 aliphatic rings. The topological polar surface area (TPSA) is 53.5 Å². The second kappa shape index (κ2) is 6.44. The van der Waals surface area contributed by atoms with E-state index in [0.717, 1.165) is 10.9 Å². The van der Waals surface area contributed by atoms with Crippen LogP contribution >= 0.6 is 11.8 Å². The summed E-state index contributed by atoms with van der Waals surface area (Å²) >= 11 is 1.71. The van der Waals surface area contributed by atoms with Gasteiger partial charge in [-0.2, -0.15) is 0 Å². The van der Waals surface area contributed by atoms with E-state index in [0.29, 0.717) is 19.0 Å². The smallest absolute Gasteiger partial charge is 0.221 e. The van der Waals surface area contributed by atoms with Gasteiger partial charge >= 0.3 is 0 Å². The number of hydrogen-bond donors (Lipinski definition) is 2. The molecule has 5 heteroatoms. The van der Waals surface area contributed by atoms with Gasteiger partial charge in [0, 0.05) is 19.2 Å². The average Bonchev–Trinajstić information content (AvgIpc) is 2.88. The Kier molecular flexibility index (Phi) is 4.64. The van der Waals surface area contributed by atoms with E-state index in [2.05, 4.69) is 27.8 Å². The Hall–Kier alpha value is -1.49. The van der Waals surface area contributed by atoms with Crippen LogP contribution in [0.4, 0.5) is 0 Å². The fraction of sp³-hybridized carbons (Fsp3) is 0.385. The molecule has 2 rings (SSSR count). The van der Waals surface area contributed by atoms with Crippen LogP contribution in [0.3, 0.4) is 0 Å². The number of rotatable bonds is 4. The van der Waals surface area contributed by atoms with Gasteiger partial charge in [-0.25, -0.2) is 0 Å². The van der Waals surface area contributed by atoms with Crippen LogP contribution in [0.1, 0.15) is 18.0 Å². The fourth-order valence-electron chi connectivity index (χ4n) is 1.73. The summed E-state index contributed by atoms with van der Waals surface area (Å²) in [6, 6.07) is 10.7. The molecule has 1 aromatic carbocycles. The van der Waals surface area contributed by atoms with Gasteiger partial charge in [-0.05, 0) is 5.56 Å². The molecule has 2 N–H and O–H groups in total. The van der Waals surface area contributed by atoms with Gasteiger partial charge in [0.2, 0.25) is 5.91 Å². The lowest BCUT2D eigenvalue weighted by molar-refractivity contribution is -0.120. The van der Waals surface area contributed by atoms with E-state index in [-0.39, 0.29) is 5.91 Å². The first kappa shape index (κ1) is 13.0. The highest BCUT2D eigenvalue weighted by Crippen LogP contribution is 2.25. The van der Waals surface area contributed by atoms with E-state index in [4.69, 9.17) is 0 Å². The molecule has 0 spiro atoms. The Balaban J connectivity index is 1.85. The van der Waals surface area contributed by atoms with Gasteiger partial charge in [0.05, 0.1) is 12.6 Å². The van der Waals surface area contributed by atoms with Gasteiger partial charge in [0.1, 0.15) is 0 Å². The molecule has 0 bridgehead atoms. The number of thioether (sulfide) groups is 1. The molecule has 96 valence electrons. The Morgan fingerprint density at radius 1 is 1.50 bits per heavy atom. The number of benzene rings is 1. The van der Waals surface area contributed by atoms with Crippen molar-refractivity contribution in [3.8, 4) is 0 Å². The van der Waals surface area contributed by atoms with Crippen LogP contribution in [0.5, 0.6) is 0 Å². The lowest BCUT2D eigenvalue weighted by Gasteiger charge is -2.09. The van der Waals surface area contributed by atoms with Crippen LogP contribution in [-0.2, 0) is 4.79 Å². The molecule has 1 saturated heterocycles. The van der Waals surface area contributed by atoms with Gasteiger partial charge in [0.25, 0.3) is 0 Å². The van der Waals surface area contributed by atoms with Crippen molar-refractivity contribution < 1.29 is 4.79 Å². The molecule has 1 aromatic rings. The maximum absolute atomic E-state index is 11.1. The van der Waals surface area contributed by atoms with Crippen molar-refractivity contribution >= 4 is 22.8 Å². The minimum atomic E-state index is 0.0296. The van der Waals surface area contributed by atoms with Crippen molar-refractivity contribution in [1.29, 1.82) is 0 Å². The standard InChI is InChI=1S/C13H17N3OS/c1-14-12(17)7-8-15-13-16-11(9-18-13)10-5-3-2-4-6-10/h2-6,11H,7-9H2,1H3,(H,14,17)(H,15,16). The van der Waals surface area contributed by atoms with Crippen molar-refractivity contribution in [3.63, 3.8) is 0 Å². The summed E-state index contributed by atoms with van der Waals surface area (Å²) in [5.41, 5.74) is 1.28. The molecule has 1 amide bonds. The van der Waals surface area contributed by atoms with Crippen molar-refractivity contribution in [2.24, 2.45) is 4.99 Å². The second-order valence-corrected chi connectivity index (χ2v) is 5.04. The molecule has 1 heterocycles. The van der Waals surface area contributed by atoms with E-state index < -0.39 is 0 Å². The first-order valence-corrected chi connectivity index (χ1v) is 6.97. The van der Waals surface area contributed by atoms with E-state index >= 15 is 0 Å². The number of carbonyl (C=O) groups excluding carboxylic acids is 1. The zero-order valence-electron chi connectivity index (χ0n) is 10.3. The minimum Gasteiger partial charge on any atom is -0.359 e. The van der Waals surface area contributed by atoms with Crippen molar-refractivity contribution in [2.45, 2.75) is 12.5 Å². The van der Waals surface area contributed by atoms with Crippen molar-refractivity contribution in [1.82, 2.24) is 10.6 Å². The predicted molar refractivity (Wildman–Crippen MR) is 75.8 cm³/mol. The van der Waals surface area contributed by atoms with Crippen molar-refractivity contribution in [2.75, 3.05) is 19.3 Å². The molecular formula is C13H17N3OS. The molecule has 0 aliphatic carbocycles. The summed E-state index contributed by atoms with van der Waals surface area (Å²) in [7, 11) is 1.64. The summed E-state index contributed by atoms with van der Waals surface area (Å²) < 4.78 is 0. The lowest BCUT2D eigenvalue weighted by atomic mass is 10.1. The monoisotopic (exact) mass is 263 g/mol. The molecule has 1 fully saturated rings. The third-order valence-electron chi connectivity index (χ3n) is 2.76. The number of nitrogens with one attached hydrogen (secondary N) is 2. The van der Waals surface area contributed by atoms with Crippen LogP contribution in [0.25, 0.3) is 0 Å². The Labute approximate surface area is 111 Å². The maximum atomic E-state index is 11.1.